The van der Waals surface area contributed by atoms with E-state index in [9.17, 15) is 4.79 Å². The summed E-state index contributed by atoms with van der Waals surface area (Å²) in [6.07, 6.45) is 2.54. The maximum atomic E-state index is 11.3. The van der Waals surface area contributed by atoms with Crippen molar-refractivity contribution in [1.82, 2.24) is 20.4 Å². The van der Waals surface area contributed by atoms with Crippen molar-refractivity contribution in [3.05, 3.63) is 0 Å². The molecule has 2 rings (SSSR count). The maximum absolute atomic E-state index is 11.3. The number of rotatable bonds is 4. The SMILES string of the molecule is CN(CCN1CCNC1=O)C1CCCNC1. The minimum absolute atomic E-state index is 0.0927. The highest BCUT2D eigenvalue weighted by Crippen LogP contribution is 2.08. The van der Waals surface area contributed by atoms with E-state index >= 15 is 0 Å². The molecule has 2 amide bonds. The van der Waals surface area contributed by atoms with Gasteiger partial charge in [-0.25, -0.2) is 4.79 Å². The number of carbonyl (C=O) groups is 1. The van der Waals surface area contributed by atoms with Gasteiger partial charge in [0.1, 0.15) is 0 Å². The number of nitrogens with one attached hydrogen (secondary N) is 2. The van der Waals surface area contributed by atoms with E-state index in [1.807, 2.05) is 4.90 Å². The average molecular weight is 226 g/mol. The van der Waals surface area contributed by atoms with Gasteiger partial charge in [-0.3, -0.25) is 0 Å². The van der Waals surface area contributed by atoms with Crippen LogP contribution in [0.15, 0.2) is 0 Å². The molecule has 0 aromatic heterocycles. The Hall–Kier alpha value is -0.810. The van der Waals surface area contributed by atoms with E-state index in [0.29, 0.717) is 6.04 Å². The molecule has 2 aliphatic rings. The van der Waals surface area contributed by atoms with Gasteiger partial charge in [0.05, 0.1) is 0 Å². The van der Waals surface area contributed by atoms with Crippen LogP contribution in [-0.2, 0) is 0 Å². The molecule has 92 valence electrons. The van der Waals surface area contributed by atoms with Gasteiger partial charge in [0.25, 0.3) is 0 Å². The van der Waals surface area contributed by atoms with Gasteiger partial charge in [0, 0.05) is 38.8 Å². The lowest BCUT2D eigenvalue weighted by Gasteiger charge is -2.32. The van der Waals surface area contributed by atoms with Crippen LogP contribution in [0.5, 0.6) is 0 Å². The summed E-state index contributed by atoms with van der Waals surface area (Å²) in [5.41, 5.74) is 0. The van der Waals surface area contributed by atoms with Crippen LogP contribution in [0.3, 0.4) is 0 Å². The summed E-state index contributed by atoms with van der Waals surface area (Å²) in [6, 6.07) is 0.731. The molecule has 16 heavy (non-hydrogen) atoms. The van der Waals surface area contributed by atoms with Gasteiger partial charge >= 0.3 is 6.03 Å². The first-order chi connectivity index (χ1) is 7.77. The average Bonchev–Trinajstić information content (AvgIpc) is 2.73. The lowest BCUT2D eigenvalue weighted by Crippen LogP contribution is -2.46. The fourth-order valence-electron chi connectivity index (χ4n) is 2.40. The van der Waals surface area contributed by atoms with Gasteiger partial charge in [0.2, 0.25) is 0 Å². The number of hydrogen-bond acceptors (Lipinski definition) is 3. The molecule has 2 aliphatic heterocycles. The Morgan fingerprint density at radius 1 is 1.50 bits per heavy atom. The largest absolute Gasteiger partial charge is 0.336 e. The van der Waals surface area contributed by atoms with E-state index in [0.717, 1.165) is 39.3 Å². The van der Waals surface area contributed by atoms with Crippen LogP contribution in [0.4, 0.5) is 4.79 Å². The summed E-state index contributed by atoms with van der Waals surface area (Å²) in [4.78, 5) is 15.6. The number of urea groups is 1. The van der Waals surface area contributed by atoms with Gasteiger partial charge in [-0.15, -0.1) is 0 Å². The molecule has 0 radical (unpaired) electrons. The first-order valence-corrected chi connectivity index (χ1v) is 6.21. The van der Waals surface area contributed by atoms with E-state index < -0.39 is 0 Å². The molecule has 0 saturated carbocycles. The fraction of sp³-hybridized carbons (Fsp3) is 0.909. The highest BCUT2D eigenvalue weighted by atomic mass is 16.2. The van der Waals surface area contributed by atoms with Crippen molar-refractivity contribution in [2.75, 3.05) is 46.3 Å². The molecule has 1 unspecified atom stereocenters. The second-order valence-electron chi connectivity index (χ2n) is 4.70. The van der Waals surface area contributed by atoms with E-state index in [1.54, 1.807) is 0 Å². The minimum atomic E-state index is 0.0927. The zero-order valence-electron chi connectivity index (χ0n) is 10.0. The van der Waals surface area contributed by atoms with Gasteiger partial charge in [-0.1, -0.05) is 0 Å². The van der Waals surface area contributed by atoms with Gasteiger partial charge in [0.15, 0.2) is 0 Å². The summed E-state index contributed by atoms with van der Waals surface area (Å²) in [5, 5.41) is 6.25. The molecule has 2 fully saturated rings. The van der Waals surface area contributed by atoms with E-state index in [4.69, 9.17) is 0 Å². The third-order valence-electron chi connectivity index (χ3n) is 3.56. The number of hydrogen-bond donors (Lipinski definition) is 2. The summed E-state index contributed by atoms with van der Waals surface area (Å²) in [6.45, 7) is 5.71. The normalized spacial score (nSPS) is 26.2. The van der Waals surface area contributed by atoms with Crippen LogP contribution in [0.25, 0.3) is 0 Å². The molecular formula is C11H22N4O. The van der Waals surface area contributed by atoms with E-state index in [2.05, 4.69) is 22.6 Å². The summed E-state index contributed by atoms with van der Waals surface area (Å²) >= 11 is 0. The molecule has 2 N–H and O–H groups in total. The standard InChI is InChI=1S/C11H22N4O/c1-14(10-3-2-4-12-9-10)7-8-15-6-5-13-11(15)16/h10,12H,2-9H2,1H3,(H,13,16). The number of nitrogens with zero attached hydrogens (tertiary/aromatic N) is 2. The van der Waals surface area contributed by atoms with Crippen LogP contribution in [-0.4, -0.2) is 68.2 Å². The second-order valence-corrected chi connectivity index (χ2v) is 4.70. The van der Waals surface area contributed by atoms with Crippen LogP contribution < -0.4 is 10.6 Å². The maximum Gasteiger partial charge on any atom is 0.317 e. The molecule has 5 nitrogen and oxygen atoms in total. The molecule has 0 bridgehead atoms. The first kappa shape index (κ1) is 11.7. The first-order valence-electron chi connectivity index (χ1n) is 6.21. The topological polar surface area (TPSA) is 47.6 Å². The number of likely N-dealkylation sites (N-methyl/N-ethyl adjacent to an activating group) is 1. The fourth-order valence-corrected chi connectivity index (χ4v) is 2.40. The van der Waals surface area contributed by atoms with Crippen molar-refractivity contribution in [3.8, 4) is 0 Å². The predicted octanol–water partition coefficient (Wildman–Crippen LogP) is -0.305. The van der Waals surface area contributed by atoms with Crippen LogP contribution in [0.1, 0.15) is 12.8 Å². The van der Waals surface area contributed by atoms with Crippen molar-refractivity contribution in [1.29, 1.82) is 0 Å². The number of carbonyl (C=O) groups excluding carboxylic acids is 1. The van der Waals surface area contributed by atoms with E-state index in [1.165, 1.54) is 12.8 Å². The van der Waals surface area contributed by atoms with Gasteiger partial charge in [-0.2, -0.15) is 0 Å². The smallest absolute Gasteiger partial charge is 0.317 e. The monoisotopic (exact) mass is 226 g/mol. The third kappa shape index (κ3) is 2.86. The van der Waals surface area contributed by atoms with Crippen molar-refractivity contribution < 1.29 is 4.79 Å². The predicted molar refractivity (Wildman–Crippen MR) is 63.5 cm³/mol. The molecule has 0 aliphatic carbocycles. The number of piperidine rings is 1. The Morgan fingerprint density at radius 2 is 2.38 bits per heavy atom. The Bertz CT molecular complexity index is 240. The summed E-state index contributed by atoms with van der Waals surface area (Å²) in [7, 11) is 2.16. The second kappa shape index (κ2) is 5.50. The molecule has 5 heteroatoms. The van der Waals surface area contributed by atoms with Crippen LogP contribution in [0, 0.1) is 0 Å². The lowest BCUT2D eigenvalue weighted by molar-refractivity contribution is 0.176. The summed E-state index contributed by atoms with van der Waals surface area (Å²) < 4.78 is 0. The zero-order chi connectivity index (χ0) is 11.4. The molecule has 0 aromatic rings. The highest BCUT2D eigenvalue weighted by molar-refractivity contribution is 5.76. The third-order valence-corrected chi connectivity index (χ3v) is 3.56. The Balaban J connectivity index is 1.70. The molecule has 2 saturated heterocycles. The molecule has 0 spiro atoms. The zero-order valence-corrected chi connectivity index (χ0v) is 10.0. The van der Waals surface area contributed by atoms with Crippen LogP contribution in [0.2, 0.25) is 0 Å². The van der Waals surface area contributed by atoms with Crippen molar-refractivity contribution in [3.63, 3.8) is 0 Å². The van der Waals surface area contributed by atoms with Crippen molar-refractivity contribution in [2.45, 2.75) is 18.9 Å². The molecule has 1 atom stereocenters. The van der Waals surface area contributed by atoms with E-state index in [-0.39, 0.29) is 6.03 Å². The lowest BCUT2D eigenvalue weighted by atomic mass is 10.1. The minimum Gasteiger partial charge on any atom is -0.336 e. The molecule has 2 heterocycles. The Morgan fingerprint density at radius 3 is 3.00 bits per heavy atom. The van der Waals surface area contributed by atoms with Crippen LogP contribution >= 0.6 is 0 Å². The quantitative estimate of drug-likeness (QED) is 0.691. The van der Waals surface area contributed by atoms with Gasteiger partial charge in [-0.05, 0) is 26.4 Å². The molecular weight excluding hydrogens is 204 g/mol. The Kier molecular flexibility index (Phi) is 4.01. The van der Waals surface area contributed by atoms with Gasteiger partial charge < -0.3 is 20.4 Å². The molecule has 0 aromatic carbocycles. The Labute approximate surface area is 97.2 Å². The number of amides is 2. The summed E-state index contributed by atoms with van der Waals surface area (Å²) in [5.74, 6) is 0. The van der Waals surface area contributed by atoms with Crippen molar-refractivity contribution >= 4 is 6.03 Å². The highest BCUT2D eigenvalue weighted by Gasteiger charge is 2.22. The van der Waals surface area contributed by atoms with Crippen molar-refractivity contribution in [2.24, 2.45) is 0 Å².